The van der Waals surface area contributed by atoms with Crippen LogP contribution in [-0.2, 0) is 12.1 Å². The highest BCUT2D eigenvalue weighted by Crippen LogP contribution is 2.35. The van der Waals surface area contributed by atoms with Gasteiger partial charge >= 0.3 is 6.03 Å². The van der Waals surface area contributed by atoms with Crippen LogP contribution in [0, 0.1) is 0 Å². The van der Waals surface area contributed by atoms with E-state index in [1.165, 1.54) is 0 Å². The number of urea groups is 1. The van der Waals surface area contributed by atoms with Gasteiger partial charge in [-0.15, -0.1) is 0 Å². The minimum absolute atomic E-state index is 0.0409. The molecule has 2 atom stereocenters. The van der Waals surface area contributed by atoms with Crippen molar-refractivity contribution < 1.29 is 9.90 Å². The maximum atomic E-state index is 12.9. The number of hydrogen-bond donors (Lipinski definition) is 3. The fourth-order valence-corrected chi connectivity index (χ4v) is 4.51. The first kappa shape index (κ1) is 17.9. The number of likely N-dealkylation sites (N-methyl/N-ethyl adjacent to an activating group) is 1. The van der Waals surface area contributed by atoms with E-state index < -0.39 is 5.72 Å². The van der Waals surface area contributed by atoms with Crippen LogP contribution in [0.2, 0.25) is 0 Å². The highest BCUT2D eigenvalue weighted by atomic mass is 16.3. The van der Waals surface area contributed by atoms with E-state index >= 15 is 0 Å². The van der Waals surface area contributed by atoms with Gasteiger partial charge in [-0.25, -0.2) is 14.8 Å². The minimum Gasteiger partial charge on any atom is -0.367 e. The van der Waals surface area contributed by atoms with Gasteiger partial charge in [0, 0.05) is 38.3 Å². The number of rotatable bonds is 3. The number of aromatic amines is 1. The number of fused-ring (bicyclic) bond motifs is 2. The van der Waals surface area contributed by atoms with Gasteiger partial charge in [0.15, 0.2) is 5.72 Å². The highest BCUT2D eigenvalue weighted by molar-refractivity contribution is 5.87. The first-order valence-corrected chi connectivity index (χ1v) is 9.94. The lowest BCUT2D eigenvalue weighted by atomic mass is 10.1. The molecule has 1 fully saturated rings. The van der Waals surface area contributed by atoms with Gasteiger partial charge in [0.2, 0.25) is 0 Å². The quantitative estimate of drug-likeness (QED) is 0.592. The first-order chi connectivity index (χ1) is 14.0. The van der Waals surface area contributed by atoms with Crippen LogP contribution < -0.4 is 10.2 Å². The Hall–Kier alpha value is -3.13. The molecule has 2 aromatic heterocycles. The van der Waals surface area contributed by atoms with Crippen LogP contribution >= 0.6 is 0 Å². The van der Waals surface area contributed by atoms with E-state index in [1.807, 2.05) is 36.5 Å². The number of anilines is 1. The predicted molar refractivity (Wildman–Crippen MR) is 109 cm³/mol. The molecule has 3 aromatic rings. The van der Waals surface area contributed by atoms with Crippen molar-refractivity contribution in [3.8, 4) is 0 Å². The molecule has 2 amide bonds. The molecule has 0 bridgehead atoms. The molecule has 8 nitrogen and oxygen atoms in total. The molecule has 29 heavy (non-hydrogen) atoms. The van der Waals surface area contributed by atoms with Gasteiger partial charge in [-0.05, 0) is 24.5 Å². The van der Waals surface area contributed by atoms with Gasteiger partial charge in [-0.1, -0.05) is 24.3 Å². The van der Waals surface area contributed by atoms with Crippen molar-refractivity contribution >= 4 is 22.9 Å². The van der Waals surface area contributed by atoms with Gasteiger partial charge in [0.1, 0.15) is 17.8 Å². The normalized spacial score (nSPS) is 23.4. The Morgan fingerprint density at radius 3 is 3.10 bits per heavy atom. The lowest BCUT2D eigenvalue weighted by molar-refractivity contribution is 0.00879. The third-order valence-corrected chi connectivity index (χ3v) is 6.20. The predicted octanol–water partition coefficient (Wildman–Crippen LogP) is 1.97. The Balaban J connectivity index is 1.29. The van der Waals surface area contributed by atoms with Gasteiger partial charge in [0.25, 0.3) is 0 Å². The Kier molecular flexibility index (Phi) is 4.16. The third-order valence-electron chi connectivity index (χ3n) is 6.20. The standard InChI is InChI=1S/C21H24N6O2/c1-26(20(28)25-21(29)9-6-14-4-2-3-5-17(14)21)15-8-11-27(12-15)19-16-7-10-22-18(16)23-13-24-19/h2-5,7,10,13,15,29H,6,8-9,11-12H2,1H3,(H,25,28)(H,22,23,24)/t15-,21-/m1/s1. The summed E-state index contributed by atoms with van der Waals surface area (Å²) in [6, 6.07) is 9.49. The van der Waals surface area contributed by atoms with E-state index in [1.54, 1.807) is 18.3 Å². The van der Waals surface area contributed by atoms with Crippen molar-refractivity contribution in [1.29, 1.82) is 0 Å². The molecule has 0 unspecified atom stereocenters. The topological polar surface area (TPSA) is 97.4 Å². The van der Waals surface area contributed by atoms with Crippen LogP contribution in [-0.4, -0.2) is 57.2 Å². The Morgan fingerprint density at radius 2 is 2.21 bits per heavy atom. The minimum atomic E-state index is -1.30. The molecule has 1 aromatic carbocycles. The number of amides is 2. The summed E-state index contributed by atoms with van der Waals surface area (Å²) in [7, 11) is 1.79. The lowest BCUT2D eigenvalue weighted by Gasteiger charge is -2.31. The third kappa shape index (κ3) is 3.00. The van der Waals surface area contributed by atoms with Crippen molar-refractivity contribution in [3.05, 3.63) is 54.0 Å². The zero-order valence-electron chi connectivity index (χ0n) is 16.3. The zero-order valence-corrected chi connectivity index (χ0v) is 16.3. The van der Waals surface area contributed by atoms with Gasteiger partial charge in [0.05, 0.1) is 11.4 Å². The molecule has 1 aliphatic heterocycles. The molecule has 8 heteroatoms. The number of benzene rings is 1. The van der Waals surface area contributed by atoms with E-state index in [9.17, 15) is 9.90 Å². The fraction of sp³-hybridized carbons (Fsp3) is 0.381. The molecule has 0 saturated carbocycles. The average Bonchev–Trinajstić information content (AvgIpc) is 3.46. The molecule has 3 N–H and O–H groups in total. The van der Waals surface area contributed by atoms with Crippen molar-refractivity contribution in [3.63, 3.8) is 0 Å². The summed E-state index contributed by atoms with van der Waals surface area (Å²) in [6.07, 6.45) is 5.51. The number of aliphatic hydroxyl groups is 1. The van der Waals surface area contributed by atoms with E-state index in [2.05, 4.69) is 25.2 Å². The number of nitrogens with one attached hydrogen (secondary N) is 2. The molecule has 3 heterocycles. The molecule has 0 radical (unpaired) electrons. The van der Waals surface area contributed by atoms with Crippen LogP contribution in [0.5, 0.6) is 0 Å². The number of carbonyl (C=O) groups excluding carboxylic acids is 1. The summed E-state index contributed by atoms with van der Waals surface area (Å²) in [5, 5.41) is 14.9. The molecular weight excluding hydrogens is 368 g/mol. The molecule has 0 spiro atoms. The number of aryl methyl sites for hydroxylation is 1. The van der Waals surface area contributed by atoms with Crippen LogP contribution in [0.4, 0.5) is 10.6 Å². The van der Waals surface area contributed by atoms with Crippen molar-refractivity contribution in [2.24, 2.45) is 0 Å². The molecular formula is C21H24N6O2. The Morgan fingerprint density at radius 1 is 1.34 bits per heavy atom. The summed E-state index contributed by atoms with van der Waals surface area (Å²) < 4.78 is 0. The molecule has 1 saturated heterocycles. The van der Waals surface area contributed by atoms with E-state index in [-0.39, 0.29) is 12.1 Å². The van der Waals surface area contributed by atoms with Gasteiger partial charge in [-0.3, -0.25) is 0 Å². The van der Waals surface area contributed by atoms with Crippen molar-refractivity contribution in [2.45, 2.75) is 31.0 Å². The van der Waals surface area contributed by atoms with Gasteiger partial charge in [-0.2, -0.15) is 0 Å². The van der Waals surface area contributed by atoms with Crippen molar-refractivity contribution in [1.82, 2.24) is 25.2 Å². The second-order valence-corrected chi connectivity index (χ2v) is 7.88. The number of hydrogen-bond acceptors (Lipinski definition) is 5. The maximum absolute atomic E-state index is 12.9. The summed E-state index contributed by atoms with van der Waals surface area (Å²) in [5.41, 5.74) is 1.39. The van der Waals surface area contributed by atoms with Crippen LogP contribution in [0.15, 0.2) is 42.9 Å². The first-order valence-electron chi connectivity index (χ1n) is 9.94. The molecule has 150 valence electrons. The fourth-order valence-electron chi connectivity index (χ4n) is 4.51. The van der Waals surface area contributed by atoms with E-state index in [4.69, 9.17) is 0 Å². The molecule has 5 rings (SSSR count). The second-order valence-electron chi connectivity index (χ2n) is 7.88. The maximum Gasteiger partial charge on any atom is 0.319 e. The highest BCUT2D eigenvalue weighted by Gasteiger charge is 2.40. The zero-order chi connectivity index (χ0) is 20.0. The van der Waals surface area contributed by atoms with E-state index in [0.29, 0.717) is 13.0 Å². The number of aromatic nitrogens is 3. The van der Waals surface area contributed by atoms with E-state index in [0.717, 1.165) is 47.4 Å². The summed E-state index contributed by atoms with van der Waals surface area (Å²) in [5.74, 6) is 0.885. The monoisotopic (exact) mass is 392 g/mol. The Labute approximate surface area is 168 Å². The number of nitrogens with zero attached hydrogens (tertiary/aromatic N) is 4. The smallest absolute Gasteiger partial charge is 0.319 e. The van der Waals surface area contributed by atoms with Gasteiger partial charge < -0.3 is 25.2 Å². The van der Waals surface area contributed by atoms with Crippen LogP contribution in [0.1, 0.15) is 24.0 Å². The summed E-state index contributed by atoms with van der Waals surface area (Å²) in [4.78, 5) is 28.6. The molecule has 1 aliphatic carbocycles. The van der Waals surface area contributed by atoms with Crippen LogP contribution in [0.25, 0.3) is 11.0 Å². The van der Waals surface area contributed by atoms with Crippen LogP contribution in [0.3, 0.4) is 0 Å². The SMILES string of the molecule is CN(C(=O)N[C@@]1(O)CCc2ccccc21)[C@@H]1CCN(c2ncnc3[nH]ccc23)C1. The summed E-state index contributed by atoms with van der Waals surface area (Å²) in [6.45, 7) is 1.50. The lowest BCUT2D eigenvalue weighted by Crippen LogP contribution is -2.52. The average molecular weight is 392 g/mol. The number of carbonyl (C=O) groups is 1. The van der Waals surface area contributed by atoms with Crippen molar-refractivity contribution in [2.75, 3.05) is 25.0 Å². The second kappa shape index (κ2) is 6.73. The largest absolute Gasteiger partial charge is 0.367 e. The Bertz CT molecular complexity index is 1070. The summed E-state index contributed by atoms with van der Waals surface area (Å²) >= 11 is 0. The number of H-pyrrole nitrogens is 1. The molecule has 2 aliphatic rings.